The van der Waals surface area contributed by atoms with E-state index in [-0.39, 0.29) is 5.82 Å². The van der Waals surface area contributed by atoms with Crippen LogP contribution in [-0.4, -0.2) is 19.7 Å². The summed E-state index contributed by atoms with van der Waals surface area (Å²) in [5.74, 6) is 0.676. The molecule has 5 nitrogen and oxygen atoms in total. The molecule has 0 radical (unpaired) electrons. The molecule has 2 aromatic rings. The van der Waals surface area contributed by atoms with Crippen LogP contribution in [0.4, 0.5) is 13.2 Å². The first-order chi connectivity index (χ1) is 8.39. The standard InChI is InChI=1S/C10H10F3N5/c1-6(14)9-16-5-17-18(9)8-3-2-7(4-15-8)10(11,12)13/h2-6H,14H2,1H3/t6-/m0/s1. The van der Waals surface area contributed by atoms with Crippen molar-refractivity contribution in [3.05, 3.63) is 36.0 Å². The Hall–Kier alpha value is -1.96. The molecule has 0 saturated carbocycles. The number of hydrogen-bond donors (Lipinski definition) is 1. The Balaban J connectivity index is 2.38. The van der Waals surface area contributed by atoms with Crippen molar-refractivity contribution < 1.29 is 13.2 Å². The van der Waals surface area contributed by atoms with Crippen LogP contribution in [0.25, 0.3) is 5.82 Å². The molecule has 1 atom stereocenters. The molecule has 96 valence electrons. The normalized spacial score (nSPS) is 13.6. The first-order valence-electron chi connectivity index (χ1n) is 5.08. The summed E-state index contributed by atoms with van der Waals surface area (Å²) in [6, 6.07) is 1.77. The number of halogens is 3. The van der Waals surface area contributed by atoms with Crippen LogP contribution in [0, 0.1) is 0 Å². The predicted octanol–water partition coefficient (Wildman–Crippen LogP) is 1.70. The van der Waals surface area contributed by atoms with Gasteiger partial charge in [0.1, 0.15) is 6.33 Å². The third-order valence-corrected chi connectivity index (χ3v) is 2.27. The third-order valence-electron chi connectivity index (χ3n) is 2.27. The van der Waals surface area contributed by atoms with Crippen LogP contribution in [0.1, 0.15) is 24.4 Å². The average Bonchev–Trinajstić information content (AvgIpc) is 2.77. The second-order valence-corrected chi connectivity index (χ2v) is 3.72. The molecule has 18 heavy (non-hydrogen) atoms. The van der Waals surface area contributed by atoms with Gasteiger partial charge in [0.05, 0.1) is 11.6 Å². The van der Waals surface area contributed by atoms with E-state index in [0.29, 0.717) is 5.82 Å². The summed E-state index contributed by atoms with van der Waals surface area (Å²) in [5, 5.41) is 3.88. The molecule has 2 aromatic heterocycles. The number of aromatic nitrogens is 4. The van der Waals surface area contributed by atoms with E-state index in [2.05, 4.69) is 15.1 Å². The summed E-state index contributed by atoms with van der Waals surface area (Å²) in [6.07, 6.45) is -2.38. The lowest BCUT2D eigenvalue weighted by Crippen LogP contribution is -2.14. The van der Waals surface area contributed by atoms with Crippen LogP contribution < -0.4 is 5.73 Å². The molecule has 0 bridgehead atoms. The predicted molar refractivity (Wildman–Crippen MR) is 56.8 cm³/mol. The maximum absolute atomic E-state index is 12.4. The Kier molecular flexibility index (Phi) is 3.04. The Labute approximate surface area is 100 Å². The summed E-state index contributed by atoms with van der Waals surface area (Å²) < 4.78 is 38.4. The fourth-order valence-corrected chi connectivity index (χ4v) is 1.42. The molecule has 0 spiro atoms. The van der Waals surface area contributed by atoms with Gasteiger partial charge in [0.15, 0.2) is 11.6 Å². The second kappa shape index (κ2) is 4.37. The zero-order valence-corrected chi connectivity index (χ0v) is 9.39. The molecule has 0 aliphatic carbocycles. The van der Waals surface area contributed by atoms with Crippen LogP contribution in [0.5, 0.6) is 0 Å². The van der Waals surface area contributed by atoms with E-state index >= 15 is 0 Å². The minimum Gasteiger partial charge on any atom is -0.322 e. The van der Waals surface area contributed by atoms with Gasteiger partial charge < -0.3 is 5.73 Å². The SMILES string of the molecule is C[C@H](N)c1ncnn1-c1ccc(C(F)(F)F)cn1. The largest absolute Gasteiger partial charge is 0.417 e. The first-order valence-corrected chi connectivity index (χ1v) is 5.08. The highest BCUT2D eigenvalue weighted by Crippen LogP contribution is 2.28. The number of pyridine rings is 1. The van der Waals surface area contributed by atoms with Gasteiger partial charge in [-0.25, -0.2) is 9.97 Å². The van der Waals surface area contributed by atoms with Crippen molar-refractivity contribution in [2.45, 2.75) is 19.1 Å². The van der Waals surface area contributed by atoms with Crippen molar-refractivity contribution in [1.29, 1.82) is 0 Å². The third kappa shape index (κ3) is 2.33. The fraction of sp³-hybridized carbons (Fsp3) is 0.300. The van der Waals surface area contributed by atoms with Gasteiger partial charge in [-0.05, 0) is 19.1 Å². The highest BCUT2D eigenvalue weighted by Gasteiger charge is 2.30. The minimum atomic E-state index is -4.40. The van der Waals surface area contributed by atoms with Crippen molar-refractivity contribution in [2.75, 3.05) is 0 Å². The molecule has 0 amide bonds. The Morgan fingerprint density at radius 1 is 1.28 bits per heavy atom. The highest BCUT2D eigenvalue weighted by atomic mass is 19.4. The van der Waals surface area contributed by atoms with Crippen molar-refractivity contribution in [3.8, 4) is 5.82 Å². The van der Waals surface area contributed by atoms with E-state index in [1.807, 2.05) is 0 Å². The van der Waals surface area contributed by atoms with Gasteiger partial charge in [-0.3, -0.25) is 0 Å². The summed E-state index contributed by atoms with van der Waals surface area (Å²) in [4.78, 5) is 7.64. The van der Waals surface area contributed by atoms with Crippen LogP contribution in [0.3, 0.4) is 0 Å². The molecular formula is C10H10F3N5. The van der Waals surface area contributed by atoms with E-state index in [1.165, 1.54) is 17.1 Å². The maximum Gasteiger partial charge on any atom is 0.417 e. The number of alkyl halides is 3. The molecule has 0 unspecified atom stereocenters. The molecular weight excluding hydrogens is 247 g/mol. The lowest BCUT2D eigenvalue weighted by molar-refractivity contribution is -0.137. The van der Waals surface area contributed by atoms with E-state index < -0.39 is 17.8 Å². The summed E-state index contributed by atoms with van der Waals surface area (Å²) in [6.45, 7) is 1.70. The van der Waals surface area contributed by atoms with Crippen LogP contribution in [0.15, 0.2) is 24.7 Å². The average molecular weight is 257 g/mol. The Morgan fingerprint density at radius 3 is 2.50 bits per heavy atom. The van der Waals surface area contributed by atoms with Gasteiger partial charge in [0.2, 0.25) is 0 Å². The van der Waals surface area contributed by atoms with Gasteiger partial charge in [0, 0.05) is 6.20 Å². The van der Waals surface area contributed by atoms with Crippen LogP contribution >= 0.6 is 0 Å². The zero-order valence-electron chi connectivity index (χ0n) is 9.39. The number of nitrogens with zero attached hydrogens (tertiary/aromatic N) is 4. The van der Waals surface area contributed by atoms with E-state index in [9.17, 15) is 13.2 Å². The lowest BCUT2D eigenvalue weighted by atomic mass is 10.3. The Morgan fingerprint density at radius 2 is 2.00 bits per heavy atom. The second-order valence-electron chi connectivity index (χ2n) is 3.72. The van der Waals surface area contributed by atoms with Crippen LogP contribution in [-0.2, 0) is 6.18 Å². The molecule has 0 aliphatic heterocycles. The molecule has 0 fully saturated rings. The van der Waals surface area contributed by atoms with Crippen molar-refractivity contribution in [2.24, 2.45) is 5.73 Å². The number of hydrogen-bond acceptors (Lipinski definition) is 4. The number of rotatable bonds is 2. The van der Waals surface area contributed by atoms with E-state index in [4.69, 9.17) is 5.73 Å². The molecule has 2 N–H and O–H groups in total. The fourth-order valence-electron chi connectivity index (χ4n) is 1.42. The molecule has 2 heterocycles. The van der Waals surface area contributed by atoms with Gasteiger partial charge in [-0.15, -0.1) is 0 Å². The molecule has 0 aromatic carbocycles. The lowest BCUT2D eigenvalue weighted by Gasteiger charge is -2.09. The topological polar surface area (TPSA) is 69.6 Å². The summed E-state index contributed by atoms with van der Waals surface area (Å²) in [7, 11) is 0. The quantitative estimate of drug-likeness (QED) is 0.889. The van der Waals surface area contributed by atoms with E-state index in [0.717, 1.165) is 12.3 Å². The Bertz CT molecular complexity index is 529. The first kappa shape index (κ1) is 12.5. The van der Waals surface area contributed by atoms with E-state index in [1.54, 1.807) is 6.92 Å². The van der Waals surface area contributed by atoms with Gasteiger partial charge in [-0.1, -0.05) is 0 Å². The molecule has 0 aliphatic rings. The molecule has 0 saturated heterocycles. The smallest absolute Gasteiger partial charge is 0.322 e. The van der Waals surface area contributed by atoms with Gasteiger partial charge in [0.25, 0.3) is 0 Å². The molecule has 2 rings (SSSR count). The maximum atomic E-state index is 12.4. The highest BCUT2D eigenvalue weighted by molar-refractivity contribution is 5.27. The minimum absolute atomic E-state index is 0.243. The molecule has 8 heteroatoms. The van der Waals surface area contributed by atoms with Crippen molar-refractivity contribution in [1.82, 2.24) is 19.7 Å². The summed E-state index contributed by atoms with van der Waals surface area (Å²) >= 11 is 0. The van der Waals surface area contributed by atoms with Gasteiger partial charge >= 0.3 is 6.18 Å². The van der Waals surface area contributed by atoms with Crippen molar-refractivity contribution in [3.63, 3.8) is 0 Å². The number of nitrogens with two attached hydrogens (primary N) is 1. The van der Waals surface area contributed by atoms with Gasteiger partial charge in [-0.2, -0.15) is 23.0 Å². The zero-order chi connectivity index (χ0) is 13.3. The van der Waals surface area contributed by atoms with Crippen molar-refractivity contribution >= 4 is 0 Å². The summed E-state index contributed by atoms with van der Waals surface area (Å²) in [5.41, 5.74) is 4.85. The monoisotopic (exact) mass is 257 g/mol. The van der Waals surface area contributed by atoms with Crippen LogP contribution in [0.2, 0.25) is 0 Å².